The Morgan fingerprint density at radius 2 is 1.91 bits per heavy atom. The van der Waals surface area contributed by atoms with Gasteiger partial charge in [0.2, 0.25) is 10.0 Å². The number of amides is 1. The predicted molar refractivity (Wildman–Crippen MR) is 136 cm³/mol. The minimum atomic E-state index is -3.80. The van der Waals surface area contributed by atoms with Crippen molar-refractivity contribution in [2.75, 3.05) is 25.1 Å². The number of nitrogens with zero attached hydrogens (tertiary/aromatic N) is 3. The number of aromatic nitrogens is 1. The molecule has 0 N–H and O–H groups in total. The highest BCUT2D eigenvalue weighted by Gasteiger charge is 2.33. The van der Waals surface area contributed by atoms with Crippen molar-refractivity contribution in [3.8, 4) is 0 Å². The number of rotatable bonds is 6. The Morgan fingerprint density at radius 1 is 1.21 bits per heavy atom. The average Bonchev–Trinajstić information content (AvgIpc) is 3.13. The third-order valence-corrected chi connectivity index (χ3v) is 9.72. The number of thioether (sulfide) groups is 1. The van der Waals surface area contributed by atoms with E-state index in [0.717, 1.165) is 34.6 Å². The molecule has 6 nitrogen and oxygen atoms in total. The highest BCUT2D eigenvalue weighted by Crippen LogP contribution is 2.26. The van der Waals surface area contributed by atoms with E-state index in [1.165, 1.54) is 38.9 Å². The van der Waals surface area contributed by atoms with Crippen LogP contribution in [-0.4, -0.2) is 48.3 Å². The molecule has 1 aliphatic rings. The molecule has 0 spiro atoms. The molecule has 1 aliphatic heterocycles. The standard InChI is InChI=1S/C24H28FN3O3S3/c1-16-13-21-22(14-17(16)2)33-24(28(21)11-12-32-3)26-23(29)18-5-4-10-27(15-18)34(30,31)20-8-6-19(25)7-9-20/h6-9,13-14,18H,4-5,10-12,15H2,1-3H3. The van der Waals surface area contributed by atoms with Gasteiger partial charge in [0.15, 0.2) is 4.80 Å². The van der Waals surface area contributed by atoms with Crippen molar-refractivity contribution in [3.63, 3.8) is 0 Å². The summed E-state index contributed by atoms with van der Waals surface area (Å²) in [6.45, 7) is 5.30. The third-order valence-electron chi connectivity index (χ3n) is 6.21. The number of piperidine rings is 1. The van der Waals surface area contributed by atoms with Crippen molar-refractivity contribution in [2.45, 2.75) is 38.1 Å². The van der Waals surface area contributed by atoms with Gasteiger partial charge < -0.3 is 4.57 Å². The Morgan fingerprint density at radius 3 is 2.62 bits per heavy atom. The number of sulfonamides is 1. The Kier molecular flexibility index (Phi) is 7.61. The molecule has 2 heterocycles. The summed E-state index contributed by atoms with van der Waals surface area (Å²) < 4.78 is 43.8. The summed E-state index contributed by atoms with van der Waals surface area (Å²) in [5.74, 6) is -0.399. The van der Waals surface area contributed by atoms with Crippen molar-refractivity contribution in [2.24, 2.45) is 10.9 Å². The van der Waals surface area contributed by atoms with Gasteiger partial charge in [0.1, 0.15) is 5.82 Å². The summed E-state index contributed by atoms with van der Waals surface area (Å²) in [6.07, 6.45) is 3.21. The van der Waals surface area contributed by atoms with E-state index >= 15 is 0 Å². The molecular weight excluding hydrogens is 493 g/mol. The van der Waals surface area contributed by atoms with Gasteiger partial charge in [-0.05, 0) is 80.5 Å². The van der Waals surface area contributed by atoms with Gasteiger partial charge in [-0.25, -0.2) is 12.8 Å². The van der Waals surface area contributed by atoms with Gasteiger partial charge in [-0.15, -0.1) is 0 Å². The van der Waals surface area contributed by atoms with Crippen molar-refractivity contribution >= 4 is 49.2 Å². The molecule has 0 radical (unpaired) electrons. The smallest absolute Gasteiger partial charge is 0.252 e. The molecule has 1 atom stereocenters. The maximum atomic E-state index is 13.3. The Labute approximate surface area is 207 Å². The first kappa shape index (κ1) is 25.1. The lowest BCUT2D eigenvalue weighted by Gasteiger charge is -2.30. The van der Waals surface area contributed by atoms with Crippen LogP contribution in [0.4, 0.5) is 4.39 Å². The molecule has 1 unspecified atom stereocenters. The van der Waals surface area contributed by atoms with Gasteiger partial charge in [0.05, 0.1) is 21.0 Å². The average molecular weight is 522 g/mol. The van der Waals surface area contributed by atoms with Gasteiger partial charge in [-0.1, -0.05) is 11.3 Å². The van der Waals surface area contributed by atoms with Crippen LogP contribution in [0.2, 0.25) is 0 Å². The van der Waals surface area contributed by atoms with E-state index in [9.17, 15) is 17.6 Å². The van der Waals surface area contributed by atoms with Crippen LogP contribution in [0, 0.1) is 25.6 Å². The van der Waals surface area contributed by atoms with E-state index in [-0.39, 0.29) is 17.3 Å². The van der Waals surface area contributed by atoms with E-state index in [4.69, 9.17) is 0 Å². The van der Waals surface area contributed by atoms with Crippen molar-refractivity contribution in [1.82, 2.24) is 8.87 Å². The number of halogens is 1. The van der Waals surface area contributed by atoms with Crippen LogP contribution in [0.25, 0.3) is 10.2 Å². The predicted octanol–water partition coefficient (Wildman–Crippen LogP) is 4.35. The lowest BCUT2D eigenvalue weighted by Crippen LogP contribution is -2.42. The van der Waals surface area contributed by atoms with Crippen molar-refractivity contribution in [3.05, 3.63) is 58.1 Å². The molecular formula is C24H28FN3O3S3. The van der Waals surface area contributed by atoms with E-state index in [1.807, 2.05) is 6.26 Å². The lowest BCUT2D eigenvalue weighted by molar-refractivity contribution is -0.122. The molecule has 2 aromatic carbocycles. The Bertz CT molecular complexity index is 1380. The summed E-state index contributed by atoms with van der Waals surface area (Å²) in [5.41, 5.74) is 3.45. The van der Waals surface area contributed by atoms with Crippen LogP contribution in [-0.2, 0) is 21.4 Å². The molecule has 0 saturated carbocycles. The van der Waals surface area contributed by atoms with Gasteiger partial charge >= 0.3 is 0 Å². The highest BCUT2D eigenvalue weighted by molar-refractivity contribution is 7.98. The zero-order chi connectivity index (χ0) is 24.5. The second-order valence-electron chi connectivity index (χ2n) is 8.54. The summed E-state index contributed by atoms with van der Waals surface area (Å²) >= 11 is 3.23. The molecule has 4 rings (SSSR count). The number of carbonyl (C=O) groups is 1. The zero-order valence-corrected chi connectivity index (χ0v) is 21.9. The topological polar surface area (TPSA) is 71.7 Å². The molecule has 3 aromatic rings. The fourth-order valence-corrected chi connectivity index (χ4v) is 7.14. The summed E-state index contributed by atoms with van der Waals surface area (Å²) in [4.78, 5) is 18.4. The first-order chi connectivity index (χ1) is 16.2. The fraction of sp³-hybridized carbons (Fsp3) is 0.417. The number of thiazole rings is 1. The minimum Gasteiger partial charge on any atom is -0.316 e. The Balaban J connectivity index is 1.64. The lowest BCUT2D eigenvalue weighted by atomic mass is 9.99. The molecule has 10 heteroatoms. The van der Waals surface area contributed by atoms with Crippen LogP contribution in [0.3, 0.4) is 0 Å². The van der Waals surface area contributed by atoms with E-state index in [1.54, 1.807) is 11.8 Å². The first-order valence-corrected chi connectivity index (χ1v) is 14.8. The summed E-state index contributed by atoms with van der Waals surface area (Å²) in [5, 5.41) is 0. The minimum absolute atomic E-state index is 0.0316. The van der Waals surface area contributed by atoms with Crippen LogP contribution in [0.1, 0.15) is 24.0 Å². The number of hydrogen-bond acceptors (Lipinski definition) is 5. The zero-order valence-electron chi connectivity index (χ0n) is 19.5. The largest absolute Gasteiger partial charge is 0.316 e. The molecule has 1 aromatic heterocycles. The van der Waals surface area contributed by atoms with Gasteiger partial charge in [-0.2, -0.15) is 21.1 Å². The van der Waals surface area contributed by atoms with Crippen LogP contribution in [0.5, 0.6) is 0 Å². The molecule has 0 bridgehead atoms. The third kappa shape index (κ3) is 5.15. The maximum Gasteiger partial charge on any atom is 0.252 e. The molecule has 1 fully saturated rings. The number of fused-ring (bicyclic) bond motifs is 1. The number of aryl methyl sites for hydroxylation is 3. The first-order valence-electron chi connectivity index (χ1n) is 11.1. The monoisotopic (exact) mass is 521 g/mol. The Hall–Kier alpha value is -2.01. The number of hydrogen-bond donors (Lipinski definition) is 0. The maximum absolute atomic E-state index is 13.3. The van der Waals surface area contributed by atoms with Crippen LogP contribution < -0.4 is 4.80 Å². The van der Waals surface area contributed by atoms with Gasteiger partial charge in [0, 0.05) is 25.4 Å². The molecule has 34 heavy (non-hydrogen) atoms. The number of benzene rings is 2. The SMILES string of the molecule is CSCCn1c(=NC(=O)C2CCCN(S(=O)(=O)c3ccc(F)cc3)C2)sc2cc(C)c(C)cc21. The normalized spacial score (nSPS) is 18.0. The van der Waals surface area contributed by atoms with Crippen molar-refractivity contribution in [1.29, 1.82) is 0 Å². The fourth-order valence-electron chi connectivity index (χ4n) is 4.11. The van der Waals surface area contributed by atoms with Gasteiger partial charge in [0.25, 0.3) is 5.91 Å². The molecule has 1 amide bonds. The van der Waals surface area contributed by atoms with E-state index in [0.29, 0.717) is 24.2 Å². The molecule has 0 aliphatic carbocycles. The van der Waals surface area contributed by atoms with Crippen LogP contribution >= 0.6 is 23.1 Å². The van der Waals surface area contributed by atoms with E-state index < -0.39 is 21.8 Å². The summed E-state index contributed by atoms with van der Waals surface area (Å²) in [7, 11) is -3.80. The quantitative estimate of drug-likeness (QED) is 0.484. The number of carbonyl (C=O) groups excluding carboxylic acids is 1. The van der Waals surface area contributed by atoms with Crippen molar-refractivity contribution < 1.29 is 17.6 Å². The second-order valence-corrected chi connectivity index (χ2v) is 12.5. The van der Waals surface area contributed by atoms with E-state index in [2.05, 4.69) is 35.5 Å². The summed E-state index contributed by atoms with van der Waals surface area (Å²) in [6, 6.07) is 9.06. The van der Waals surface area contributed by atoms with Crippen LogP contribution in [0.15, 0.2) is 46.3 Å². The van der Waals surface area contributed by atoms with Gasteiger partial charge in [-0.3, -0.25) is 4.79 Å². The molecule has 1 saturated heterocycles. The highest BCUT2D eigenvalue weighted by atomic mass is 32.2. The molecule has 182 valence electrons. The second kappa shape index (κ2) is 10.3.